The van der Waals surface area contributed by atoms with Crippen molar-refractivity contribution in [3.05, 3.63) is 53.9 Å². The molecule has 1 N–H and O–H groups in total. The van der Waals surface area contributed by atoms with Crippen molar-refractivity contribution in [2.45, 2.75) is 31.8 Å². The van der Waals surface area contributed by atoms with E-state index in [1.165, 1.54) is 30.6 Å². The molecule has 1 saturated heterocycles. The van der Waals surface area contributed by atoms with Crippen molar-refractivity contribution in [2.75, 3.05) is 26.2 Å². The minimum absolute atomic E-state index is 0.612. The zero-order chi connectivity index (χ0) is 15.0. The number of benzene rings is 1. The van der Waals surface area contributed by atoms with E-state index in [-0.39, 0.29) is 0 Å². The van der Waals surface area contributed by atoms with Gasteiger partial charge < -0.3 is 9.64 Å². The lowest BCUT2D eigenvalue weighted by Crippen LogP contribution is -2.35. The van der Waals surface area contributed by atoms with Crippen LogP contribution in [0.15, 0.2) is 42.6 Å². The molecule has 4 heteroatoms. The van der Waals surface area contributed by atoms with Crippen LogP contribution in [-0.4, -0.2) is 41.3 Å². The minimum Gasteiger partial charge on any atom is -0.377 e. The Bertz CT molecular complexity index is 527. The molecule has 0 spiro atoms. The summed E-state index contributed by atoms with van der Waals surface area (Å²) in [6.07, 6.45) is 5.49. The van der Waals surface area contributed by atoms with Crippen molar-refractivity contribution in [1.29, 1.82) is 0 Å². The number of nitrogens with one attached hydrogen (secondary N) is 1. The zero-order valence-electron chi connectivity index (χ0n) is 13.1. The molecule has 1 aromatic heterocycles. The van der Waals surface area contributed by atoms with Gasteiger partial charge in [0.15, 0.2) is 0 Å². The summed E-state index contributed by atoms with van der Waals surface area (Å²) in [6.45, 7) is 5.03. The van der Waals surface area contributed by atoms with E-state index in [0.717, 1.165) is 32.7 Å². The predicted molar refractivity (Wildman–Crippen MR) is 87.7 cm³/mol. The zero-order valence-corrected chi connectivity index (χ0v) is 13.1. The van der Waals surface area contributed by atoms with Crippen LogP contribution in [0.1, 0.15) is 36.4 Å². The van der Waals surface area contributed by atoms with E-state index in [1.54, 1.807) is 0 Å². The lowest BCUT2D eigenvalue weighted by Gasteiger charge is -2.32. The number of hydrogen-bond acceptors (Lipinski definition) is 3. The van der Waals surface area contributed by atoms with E-state index in [1.807, 2.05) is 12.3 Å². The van der Waals surface area contributed by atoms with Gasteiger partial charge in [-0.3, -0.25) is 5.10 Å². The molecule has 2 heterocycles. The molecule has 0 amide bonds. The summed E-state index contributed by atoms with van der Waals surface area (Å²) in [4.78, 5) is 2.56. The van der Waals surface area contributed by atoms with Crippen LogP contribution < -0.4 is 0 Å². The van der Waals surface area contributed by atoms with Crippen LogP contribution in [0.4, 0.5) is 0 Å². The van der Waals surface area contributed by atoms with Gasteiger partial charge in [-0.1, -0.05) is 30.3 Å². The lowest BCUT2D eigenvalue weighted by molar-refractivity contribution is 0.103. The van der Waals surface area contributed by atoms with Crippen molar-refractivity contribution in [3.8, 4) is 0 Å². The van der Waals surface area contributed by atoms with E-state index in [2.05, 4.69) is 45.4 Å². The average molecular weight is 299 g/mol. The number of aromatic amines is 1. The average Bonchev–Trinajstić information content (AvgIpc) is 3.10. The lowest BCUT2D eigenvalue weighted by atomic mass is 9.95. The molecule has 1 aliphatic rings. The molecule has 1 fully saturated rings. The fourth-order valence-electron chi connectivity index (χ4n) is 3.16. The molecule has 4 nitrogen and oxygen atoms in total. The van der Waals surface area contributed by atoms with Crippen molar-refractivity contribution < 1.29 is 4.74 Å². The summed E-state index contributed by atoms with van der Waals surface area (Å²) < 4.78 is 5.77. The fraction of sp³-hybridized carbons (Fsp3) is 0.500. The van der Waals surface area contributed by atoms with E-state index in [0.29, 0.717) is 5.92 Å². The first kappa shape index (κ1) is 15.3. The maximum absolute atomic E-state index is 5.77. The third kappa shape index (κ3) is 4.42. The van der Waals surface area contributed by atoms with E-state index < -0.39 is 0 Å². The number of ether oxygens (including phenoxy) is 1. The number of H-pyrrole nitrogens is 1. The maximum atomic E-state index is 5.77. The highest BCUT2D eigenvalue weighted by atomic mass is 16.5. The van der Waals surface area contributed by atoms with Gasteiger partial charge in [-0.2, -0.15) is 5.10 Å². The normalized spacial score (nSPS) is 19.4. The fourth-order valence-corrected chi connectivity index (χ4v) is 3.16. The number of nitrogens with zero attached hydrogens (tertiary/aromatic N) is 2. The Morgan fingerprint density at radius 1 is 1.23 bits per heavy atom. The van der Waals surface area contributed by atoms with Crippen molar-refractivity contribution >= 4 is 0 Å². The first-order valence-electron chi connectivity index (χ1n) is 8.25. The van der Waals surface area contributed by atoms with Gasteiger partial charge in [0.2, 0.25) is 0 Å². The summed E-state index contributed by atoms with van der Waals surface area (Å²) in [5.41, 5.74) is 2.53. The summed E-state index contributed by atoms with van der Waals surface area (Å²) in [7, 11) is 0. The standard InChI is InChI=1S/C18H25N3O/c1-2-6-16(7-3-1)15-22-13-5-12-21-11-4-8-17(14-21)18-9-10-19-20-18/h1-3,6-7,9-10,17H,4-5,8,11-15H2,(H,19,20)/t17-/m0/s1. The van der Waals surface area contributed by atoms with Gasteiger partial charge in [0.05, 0.1) is 6.61 Å². The number of likely N-dealkylation sites (tertiary alicyclic amines) is 1. The highest BCUT2D eigenvalue weighted by Crippen LogP contribution is 2.25. The molecule has 0 radical (unpaired) electrons. The first-order chi connectivity index (χ1) is 10.9. The second kappa shape index (κ2) is 8.11. The minimum atomic E-state index is 0.612. The van der Waals surface area contributed by atoms with Gasteiger partial charge in [0.1, 0.15) is 0 Å². The van der Waals surface area contributed by atoms with Crippen LogP contribution >= 0.6 is 0 Å². The second-order valence-corrected chi connectivity index (χ2v) is 6.04. The topological polar surface area (TPSA) is 41.1 Å². The molecule has 118 valence electrons. The molecule has 22 heavy (non-hydrogen) atoms. The monoisotopic (exact) mass is 299 g/mol. The van der Waals surface area contributed by atoms with Gasteiger partial charge in [-0.15, -0.1) is 0 Å². The predicted octanol–water partition coefficient (Wildman–Crippen LogP) is 3.20. The molecule has 2 aromatic rings. The summed E-state index contributed by atoms with van der Waals surface area (Å²) >= 11 is 0. The molecule has 0 aliphatic carbocycles. The largest absolute Gasteiger partial charge is 0.377 e. The third-order valence-electron chi connectivity index (χ3n) is 4.34. The molecular weight excluding hydrogens is 274 g/mol. The molecule has 1 aliphatic heterocycles. The molecular formula is C18H25N3O. The molecule has 0 saturated carbocycles. The Morgan fingerprint density at radius 3 is 2.95 bits per heavy atom. The SMILES string of the molecule is c1ccc(COCCCN2CCC[C@H](c3ccn[nH]3)C2)cc1. The van der Waals surface area contributed by atoms with Crippen LogP contribution in [0.25, 0.3) is 0 Å². The number of hydrogen-bond donors (Lipinski definition) is 1. The van der Waals surface area contributed by atoms with Crippen LogP contribution in [0.5, 0.6) is 0 Å². The highest BCUT2D eigenvalue weighted by molar-refractivity contribution is 5.13. The van der Waals surface area contributed by atoms with Gasteiger partial charge in [0, 0.05) is 37.5 Å². The maximum Gasteiger partial charge on any atom is 0.0716 e. The summed E-state index contributed by atoms with van der Waals surface area (Å²) in [5.74, 6) is 0.612. The Labute approximate surface area is 132 Å². The summed E-state index contributed by atoms with van der Waals surface area (Å²) in [6, 6.07) is 12.5. The van der Waals surface area contributed by atoms with Gasteiger partial charge in [0.25, 0.3) is 0 Å². The van der Waals surface area contributed by atoms with Crippen LogP contribution in [0.2, 0.25) is 0 Å². The third-order valence-corrected chi connectivity index (χ3v) is 4.34. The molecule has 3 rings (SSSR count). The first-order valence-corrected chi connectivity index (χ1v) is 8.25. The van der Waals surface area contributed by atoms with Crippen molar-refractivity contribution in [3.63, 3.8) is 0 Å². The van der Waals surface area contributed by atoms with Gasteiger partial charge in [-0.05, 0) is 37.4 Å². The van der Waals surface area contributed by atoms with Crippen LogP contribution in [0.3, 0.4) is 0 Å². The Kier molecular flexibility index (Phi) is 5.62. The Hall–Kier alpha value is -1.65. The number of rotatable bonds is 7. The van der Waals surface area contributed by atoms with Crippen LogP contribution in [0, 0.1) is 0 Å². The Morgan fingerprint density at radius 2 is 2.14 bits per heavy atom. The van der Waals surface area contributed by atoms with Crippen molar-refractivity contribution in [1.82, 2.24) is 15.1 Å². The van der Waals surface area contributed by atoms with E-state index >= 15 is 0 Å². The number of piperidine rings is 1. The molecule has 1 atom stereocenters. The van der Waals surface area contributed by atoms with Crippen LogP contribution in [-0.2, 0) is 11.3 Å². The smallest absolute Gasteiger partial charge is 0.0716 e. The number of aromatic nitrogens is 2. The van der Waals surface area contributed by atoms with E-state index in [9.17, 15) is 0 Å². The summed E-state index contributed by atoms with van der Waals surface area (Å²) in [5, 5.41) is 7.19. The van der Waals surface area contributed by atoms with E-state index in [4.69, 9.17) is 4.74 Å². The second-order valence-electron chi connectivity index (χ2n) is 6.04. The van der Waals surface area contributed by atoms with Gasteiger partial charge in [-0.25, -0.2) is 0 Å². The highest BCUT2D eigenvalue weighted by Gasteiger charge is 2.21. The Balaban J connectivity index is 1.33. The molecule has 0 unspecified atom stereocenters. The quantitative estimate of drug-likeness (QED) is 0.798. The van der Waals surface area contributed by atoms with Crippen molar-refractivity contribution in [2.24, 2.45) is 0 Å². The molecule has 0 bridgehead atoms. The molecule has 1 aromatic carbocycles. The van der Waals surface area contributed by atoms with Gasteiger partial charge >= 0.3 is 0 Å².